The van der Waals surface area contributed by atoms with Crippen molar-refractivity contribution in [1.29, 1.82) is 0 Å². The second-order valence-corrected chi connectivity index (χ2v) is 7.26. The van der Waals surface area contributed by atoms with E-state index >= 15 is 0 Å². The van der Waals surface area contributed by atoms with Gasteiger partial charge < -0.3 is 9.64 Å². The Balaban J connectivity index is 2.61. The molecular formula is C14H28BrNO. The number of hydrogen-bond acceptors (Lipinski definition) is 2. The molecule has 102 valence electrons. The molecule has 1 fully saturated rings. The quantitative estimate of drug-likeness (QED) is 0.737. The first kappa shape index (κ1) is 15.5. The molecule has 1 rings (SSSR count). The van der Waals surface area contributed by atoms with Crippen LogP contribution in [0.2, 0.25) is 0 Å². The highest BCUT2D eigenvalue weighted by molar-refractivity contribution is 9.09. The normalized spacial score (nSPS) is 22.8. The van der Waals surface area contributed by atoms with Gasteiger partial charge >= 0.3 is 0 Å². The molecule has 1 unspecified atom stereocenters. The molecular weight excluding hydrogens is 278 g/mol. The molecule has 0 aromatic rings. The van der Waals surface area contributed by atoms with Gasteiger partial charge in [0, 0.05) is 31.1 Å². The average Bonchev–Trinajstić information content (AvgIpc) is 2.28. The minimum atomic E-state index is 0.341. The maximum Gasteiger partial charge on any atom is 0.0472 e. The zero-order valence-corrected chi connectivity index (χ0v) is 13.6. The molecule has 1 atom stereocenters. The van der Waals surface area contributed by atoms with Crippen LogP contribution in [0.1, 0.15) is 40.5 Å². The number of rotatable bonds is 4. The summed E-state index contributed by atoms with van der Waals surface area (Å²) in [5.74, 6) is 0. The van der Waals surface area contributed by atoms with Crippen molar-refractivity contribution in [2.24, 2.45) is 10.8 Å². The van der Waals surface area contributed by atoms with E-state index in [-0.39, 0.29) is 0 Å². The fraction of sp³-hybridized carbons (Fsp3) is 1.00. The molecule has 3 heteroatoms. The average molecular weight is 306 g/mol. The van der Waals surface area contributed by atoms with Crippen LogP contribution in [0, 0.1) is 10.8 Å². The van der Waals surface area contributed by atoms with Gasteiger partial charge in [-0.3, -0.25) is 0 Å². The second-order valence-electron chi connectivity index (χ2n) is 6.70. The van der Waals surface area contributed by atoms with Crippen LogP contribution in [-0.2, 0) is 4.74 Å². The third-order valence-electron chi connectivity index (χ3n) is 4.34. The third kappa shape index (κ3) is 4.22. The lowest BCUT2D eigenvalue weighted by Gasteiger charge is -2.43. The highest BCUT2D eigenvalue weighted by Crippen LogP contribution is 2.35. The Labute approximate surface area is 115 Å². The zero-order chi connectivity index (χ0) is 13.1. The lowest BCUT2D eigenvalue weighted by Crippen LogP contribution is -2.47. The highest BCUT2D eigenvalue weighted by atomic mass is 79.9. The van der Waals surface area contributed by atoms with Crippen LogP contribution < -0.4 is 0 Å². The molecule has 0 aromatic carbocycles. The summed E-state index contributed by atoms with van der Waals surface area (Å²) in [4.78, 5) is 2.52. The summed E-state index contributed by atoms with van der Waals surface area (Å²) in [7, 11) is 2.26. The van der Waals surface area contributed by atoms with Crippen LogP contribution in [-0.4, -0.2) is 43.1 Å². The lowest BCUT2D eigenvalue weighted by molar-refractivity contribution is -0.00202. The summed E-state index contributed by atoms with van der Waals surface area (Å²) in [5.41, 5.74) is 0.750. The monoisotopic (exact) mass is 305 g/mol. The van der Waals surface area contributed by atoms with Gasteiger partial charge in [-0.2, -0.15) is 0 Å². The molecule has 2 nitrogen and oxygen atoms in total. The van der Waals surface area contributed by atoms with Gasteiger partial charge in [-0.25, -0.2) is 0 Å². The second kappa shape index (κ2) is 6.03. The molecule has 0 N–H and O–H groups in total. The molecule has 1 aliphatic heterocycles. The van der Waals surface area contributed by atoms with Crippen LogP contribution in [0.4, 0.5) is 0 Å². The number of alkyl halides is 1. The minimum Gasteiger partial charge on any atom is -0.381 e. The SMILES string of the molecule is CC(N(C)CC1(CBr)CCOCC1)C(C)(C)C. The van der Waals surface area contributed by atoms with E-state index in [2.05, 4.69) is 55.6 Å². The first-order valence-electron chi connectivity index (χ1n) is 6.65. The van der Waals surface area contributed by atoms with Crippen molar-refractivity contribution in [1.82, 2.24) is 4.90 Å². The Bertz CT molecular complexity index is 231. The summed E-state index contributed by atoms with van der Waals surface area (Å²) in [5, 5.41) is 1.09. The van der Waals surface area contributed by atoms with Crippen molar-refractivity contribution in [3.05, 3.63) is 0 Å². The van der Waals surface area contributed by atoms with Crippen LogP contribution in [0.25, 0.3) is 0 Å². The predicted molar refractivity (Wildman–Crippen MR) is 77.8 cm³/mol. The zero-order valence-electron chi connectivity index (χ0n) is 12.1. The van der Waals surface area contributed by atoms with E-state index in [1.165, 1.54) is 19.4 Å². The molecule has 0 radical (unpaired) electrons. The molecule has 1 heterocycles. The highest BCUT2D eigenvalue weighted by Gasteiger charge is 2.35. The minimum absolute atomic E-state index is 0.341. The Hall–Kier alpha value is 0.400. The molecule has 0 amide bonds. The van der Waals surface area contributed by atoms with Crippen LogP contribution >= 0.6 is 15.9 Å². The van der Waals surface area contributed by atoms with Gasteiger partial charge in [-0.15, -0.1) is 0 Å². The Kier molecular flexibility index (Phi) is 5.48. The number of hydrogen-bond donors (Lipinski definition) is 0. The van der Waals surface area contributed by atoms with Crippen molar-refractivity contribution in [3.63, 3.8) is 0 Å². The molecule has 0 bridgehead atoms. The van der Waals surface area contributed by atoms with Crippen LogP contribution in [0.15, 0.2) is 0 Å². The van der Waals surface area contributed by atoms with Crippen LogP contribution in [0.3, 0.4) is 0 Å². The standard InChI is InChI=1S/C14H28BrNO/c1-12(13(2,3)4)16(5)11-14(10-15)6-8-17-9-7-14/h12H,6-11H2,1-5H3. The Morgan fingerprint density at radius 2 is 1.82 bits per heavy atom. The molecule has 0 spiro atoms. The molecule has 1 saturated heterocycles. The fourth-order valence-electron chi connectivity index (χ4n) is 2.47. The molecule has 1 aliphatic rings. The van der Waals surface area contributed by atoms with Gasteiger partial charge in [-0.1, -0.05) is 36.7 Å². The van der Waals surface area contributed by atoms with Crippen molar-refractivity contribution in [2.75, 3.05) is 32.1 Å². The largest absolute Gasteiger partial charge is 0.381 e. The van der Waals surface area contributed by atoms with E-state index in [1.54, 1.807) is 0 Å². The Morgan fingerprint density at radius 3 is 2.24 bits per heavy atom. The van der Waals surface area contributed by atoms with E-state index in [0.29, 0.717) is 16.9 Å². The van der Waals surface area contributed by atoms with Crippen molar-refractivity contribution < 1.29 is 4.74 Å². The summed E-state index contributed by atoms with van der Waals surface area (Å²) in [6.07, 6.45) is 2.36. The van der Waals surface area contributed by atoms with Gasteiger partial charge in [0.15, 0.2) is 0 Å². The molecule has 0 aromatic heterocycles. The number of nitrogens with zero attached hydrogens (tertiary/aromatic N) is 1. The van der Waals surface area contributed by atoms with Crippen molar-refractivity contribution in [3.8, 4) is 0 Å². The summed E-state index contributed by atoms with van der Waals surface area (Å²) >= 11 is 3.71. The molecule has 0 saturated carbocycles. The van der Waals surface area contributed by atoms with Gasteiger partial charge in [0.2, 0.25) is 0 Å². The smallest absolute Gasteiger partial charge is 0.0472 e. The van der Waals surface area contributed by atoms with Crippen molar-refractivity contribution in [2.45, 2.75) is 46.6 Å². The van der Waals surface area contributed by atoms with E-state index in [4.69, 9.17) is 4.74 Å². The maximum absolute atomic E-state index is 5.50. The van der Waals surface area contributed by atoms with Gasteiger partial charge in [0.1, 0.15) is 0 Å². The van der Waals surface area contributed by atoms with Gasteiger partial charge in [-0.05, 0) is 37.6 Å². The first-order chi connectivity index (χ1) is 7.81. The lowest BCUT2D eigenvalue weighted by atomic mass is 9.80. The first-order valence-corrected chi connectivity index (χ1v) is 7.77. The van der Waals surface area contributed by atoms with Crippen molar-refractivity contribution >= 4 is 15.9 Å². The fourth-order valence-corrected chi connectivity index (χ4v) is 3.20. The number of halogens is 1. The van der Waals surface area contributed by atoms with E-state index in [9.17, 15) is 0 Å². The summed E-state index contributed by atoms with van der Waals surface area (Å²) in [6.45, 7) is 12.3. The topological polar surface area (TPSA) is 12.5 Å². The molecule has 17 heavy (non-hydrogen) atoms. The van der Waals surface area contributed by atoms with E-state index in [0.717, 1.165) is 18.5 Å². The van der Waals surface area contributed by atoms with E-state index < -0.39 is 0 Å². The Morgan fingerprint density at radius 1 is 1.29 bits per heavy atom. The van der Waals surface area contributed by atoms with Gasteiger partial charge in [0.25, 0.3) is 0 Å². The number of ether oxygens (including phenoxy) is 1. The van der Waals surface area contributed by atoms with Gasteiger partial charge in [0.05, 0.1) is 0 Å². The maximum atomic E-state index is 5.50. The summed E-state index contributed by atoms with van der Waals surface area (Å²) in [6, 6.07) is 0.598. The van der Waals surface area contributed by atoms with E-state index in [1.807, 2.05) is 0 Å². The molecule has 0 aliphatic carbocycles. The summed E-state index contributed by atoms with van der Waals surface area (Å²) < 4.78 is 5.50. The van der Waals surface area contributed by atoms with Crippen LogP contribution in [0.5, 0.6) is 0 Å². The third-order valence-corrected chi connectivity index (χ3v) is 5.53. The predicted octanol–water partition coefficient (Wildman–Crippen LogP) is 3.54.